The molecular formula is C25H25N3O6S. The smallest absolute Gasteiger partial charge is 0.269 e. The molecule has 2 amide bonds. The fourth-order valence-electron chi connectivity index (χ4n) is 3.20. The number of hydrogen-bond acceptors (Lipinski definition) is 7. The molecule has 10 heteroatoms. The molecular weight excluding hydrogens is 470 g/mol. The number of benzene rings is 3. The highest BCUT2D eigenvalue weighted by Crippen LogP contribution is 2.30. The number of carbonyl (C=O) groups excluding carboxylic acids is 2. The minimum atomic E-state index is -0.493. The summed E-state index contributed by atoms with van der Waals surface area (Å²) in [5.41, 5.74) is 1.43. The van der Waals surface area contributed by atoms with Crippen LogP contribution in [-0.2, 0) is 4.79 Å². The number of carbonyl (C=O) groups is 2. The molecule has 0 bridgehead atoms. The summed E-state index contributed by atoms with van der Waals surface area (Å²) in [7, 11) is 3.03. The van der Waals surface area contributed by atoms with E-state index in [2.05, 4.69) is 10.6 Å². The van der Waals surface area contributed by atoms with Crippen LogP contribution < -0.4 is 20.1 Å². The van der Waals surface area contributed by atoms with Gasteiger partial charge in [0.2, 0.25) is 5.91 Å². The summed E-state index contributed by atoms with van der Waals surface area (Å²) in [6.45, 7) is 1.90. The van der Waals surface area contributed by atoms with E-state index in [1.54, 1.807) is 36.4 Å². The molecule has 2 N–H and O–H groups in total. The zero-order valence-corrected chi connectivity index (χ0v) is 20.3. The van der Waals surface area contributed by atoms with Gasteiger partial charge in [-0.2, -0.15) is 0 Å². The van der Waals surface area contributed by atoms with E-state index in [9.17, 15) is 19.7 Å². The van der Waals surface area contributed by atoms with Crippen molar-refractivity contribution in [2.45, 2.75) is 23.5 Å². The normalized spacial score (nSPS) is 11.3. The van der Waals surface area contributed by atoms with Crippen molar-refractivity contribution in [3.8, 4) is 11.5 Å². The van der Waals surface area contributed by atoms with E-state index in [1.165, 1.54) is 50.2 Å². The number of thioether (sulfide) groups is 1. The molecule has 35 heavy (non-hydrogen) atoms. The van der Waals surface area contributed by atoms with Crippen molar-refractivity contribution >= 4 is 40.6 Å². The third-order valence-corrected chi connectivity index (χ3v) is 6.38. The minimum absolute atomic E-state index is 0.0450. The maximum absolute atomic E-state index is 12.8. The van der Waals surface area contributed by atoms with E-state index in [0.717, 1.165) is 4.90 Å². The lowest BCUT2D eigenvalue weighted by molar-refractivity contribution is -0.384. The van der Waals surface area contributed by atoms with Gasteiger partial charge in [-0.3, -0.25) is 19.7 Å². The molecule has 3 rings (SSSR count). The number of non-ortho nitro benzene ring substituents is 1. The number of amides is 2. The number of anilines is 2. The predicted octanol–water partition coefficient (Wildman–Crippen LogP) is 5.37. The van der Waals surface area contributed by atoms with Crippen molar-refractivity contribution in [1.82, 2.24) is 0 Å². The Hall–Kier alpha value is -4.05. The topological polar surface area (TPSA) is 120 Å². The van der Waals surface area contributed by atoms with E-state index < -0.39 is 10.2 Å². The molecule has 1 atom stereocenters. The first-order valence-corrected chi connectivity index (χ1v) is 11.6. The molecule has 0 saturated heterocycles. The maximum atomic E-state index is 12.8. The molecule has 0 aliphatic carbocycles. The van der Waals surface area contributed by atoms with Gasteiger partial charge in [0.15, 0.2) is 11.5 Å². The number of rotatable bonds is 10. The molecule has 3 aromatic carbocycles. The van der Waals surface area contributed by atoms with Crippen LogP contribution >= 0.6 is 11.8 Å². The van der Waals surface area contributed by atoms with Gasteiger partial charge in [0.1, 0.15) is 0 Å². The molecule has 0 fully saturated rings. The molecule has 0 heterocycles. The van der Waals surface area contributed by atoms with Crippen LogP contribution in [0, 0.1) is 10.1 Å². The molecule has 0 aromatic heterocycles. The van der Waals surface area contributed by atoms with E-state index >= 15 is 0 Å². The van der Waals surface area contributed by atoms with Gasteiger partial charge < -0.3 is 20.1 Å². The Balaban J connectivity index is 1.66. The van der Waals surface area contributed by atoms with Gasteiger partial charge >= 0.3 is 0 Å². The van der Waals surface area contributed by atoms with Crippen molar-refractivity contribution in [3.63, 3.8) is 0 Å². The van der Waals surface area contributed by atoms with Gasteiger partial charge in [-0.25, -0.2) is 0 Å². The zero-order valence-electron chi connectivity index (χ0n) is 19.4. The average Bonchev–Trinajstić information content (AvgIpc) is 2.87. The number of nitrogens with one attached hydrogen (secondary N) is 2. The van der Waals surface area contributed by atoms with E-state index in [4.69, 9.17) is 9.47 Å². The maximum Gasteiger partial charge on any atom is 0.269 e. The Morgan fingerprint density at radius 2 is 1.66 bits per heavy atom. The van der Waals surface area contributed by atoms with Crippen molar-refractivity contribution in [3.05, 3.63) is 82.4 Å². The van der Waals surface area contributed by atoms with Crippen LogP contribution in [0.5, 0.6) is 11.5 Å². The van der Waals surface area contributed by atoms with E-state index in [0.29, 0.717) is 34.9 Å². The molecule has 3 aromatic rings. The second-order valence-electron chi connectivity index (χ2n) is 7.36. The van der Waals surface area contributed by atoms with E-state index in [-0.39, 0.29) is 17.5 Å². The number of nitro groups is 1. The molecule has 0 aliphatic rings. The summed E-state index contributed by atoms with van der Waals surface area (Å²) in [6, 6.07) is 17.8. The summed E-state index contributed by atoms with van der Waals surface area (Å²) in [5, 5.41) is 16.1. The van der Waals surface area contributed by atoms with Crippen LogP contribution in [0.25, 0.3) is 0 Å². The largest absolute Gasteiger partial charge is 0.493 e. The predicted molar refractivity (Wildman–Crippen MR) is 136 cm³/mol. The van der Waals surface area contributed by atoms with Crippen LogP contribution in [-0.4, -0.2) is 36.2 Å². The van der Waals surface area contributed by atoms with Gasteiger partial charge in [-0.1, -0.05) is 13.0 Å². The Bertz CT molecular complexity index is 1220. The Labute approximate surface area is 207 Å². The highest BCUT2D eigenvalue weighted by Gasteiger charge is 2.19. The minimum Gasteiger partial charge on any atom is -0.493 e. The molecule has 0 spiro atoms. The van der Waals surface area contributed by atoms with Gasteiger partial charge in [-0.15, -0.1) is 11.8 Å². The number of hydrogen-bond donors (Lipinski definition) is 2. The average molecular weight is 496 g/mol. The first-order valence-electron chi connectivity index (χ1n) is 10.7. The number of nitrogens with zero attached hydrogens (tertiary/aromatic N) is 1. The van der Waals surface area contributed by atoms with Crippen LogP contribution in [0.3, 0.4) is 0 Å². The fourth-order valence-corrected chi connectivity index (χ4v) is 4.22. The fraction of sp³-hybridized carbons (Fsp3) is 0.200. The first-order chi connectivity index (χ1) is 16.8. The molecule has 0 saturated carbocycles. The highest BCUT2D eigenvalue weighted by molar-refractivity contribution is 8.00. The number of ether oxygens (including phenoxy) is 2. The highest BCUT2D eigenvalue weighted by atomic mass is 32.2. The Morgan fingerprint density at radius 3 is 2.29 bits per heavy atom. The molecule has 0 radical (unpaired) electrons. The lowest BCUT2D eigenvalue weighted by Crippen LogP contribution is -2.24. The summed E-state index contributed by atoms with van der Waals surface area (Å²) in [5.74, 6) is 0.455. The Morgan fingerprint density at radius 1 is 0.943 bits per heavy atom. The molecule has 182 valence electrons. The SMILES string of the molecule is CCC(Sc1cccc(NC(=O)c2ccc(OC)c(OC)c2)c1)C(=O)Nc1ccc([N+](=O)[O-])cc1. The van der Waals surface area contributed by atoms with Gasteiger partial charge in [-0.05, 0) is 55.0 Å². The van der Waals surface area contributed by atoms with Gasteiger partial charge in [0.25, 0.3) is 11.6 Å². The van der Waals surface area contributed by atoms with Crippen molar-refractivity contribution in [2.75, 3.05) is 24.9 Å². The lowest BCUT2D eigenvalue weighted by Gasteiger charge is -2.15. The van der Waals surface area contributed by atoms with Crippen LogP contribution in [0.2, 0.25) is 0 Å². The second kappa shape index (κ2) is 11.9. The summed E-state index contributed by atoms with van der Waals surface area (Å²) < 4.78 is 10.5. The first kappa shape index (κ1) is 25.6. The van der Waals surface area contributed by atoms with Crippen molar-refractivity contribution in [1.29, 1.82) is 0 Å². The second-order valence-corrected chi connectivity index (χ2v) is 8.64. The lowest BCUT2D eigenvalue weighted by atomic mass is 10.2. The van der Waals surface area contributed by atoms with Gasteiger partial charge in [0, 0.05) is 34.0 Å². The van der Waals surface area contributed by atoms with Gasteiger partial charge in [0.05, 0.1) is 24.4 Å². The summed E-state index contributed by atoms with van der Waals surface area (Å²) >= 11 is 1.36. The third kappa shape index (κ3) is 6.73. The third-order valence-electron chi connectivity index (χ3n) is 5.02. The number of methoxy groups -OCH3 is 2. The number of nitro benzene ring substituents is 1. The summed E-state index contributed by atoms with van der Waals surface area (Å²) in [4.78, 5) is 36.6. The van der Waals surface area contributed by atoms with Crippen molar-refractivity contribution < 1.29 is 24.0 Å². The molecule has 9 nitrogen and oxygen atoms in total. The van der Waals surface area contributed by atoms with E-state index in [1.807, 2.05) is 13.0 Å². The standard InChI is InChI=1S/C25H25N3O6S/c1-4-23(25(30)26-17-9-11-19(12-10-17)28(31)32)35-20-7-5-6-18(15-20)27-24(29)16-8-13-21(33-2)22(14-16)34-3/h5-15,23H,4H2,1-3H3,(H,26,30)(H,27,29). The van der Waals surface area contributed by atoms with Crippen LogP contribution in [0.15, 0.2) is 71.6 Å². The summed E-state index contributed by atoms with van der Waals surface area (Å²) in [6.07, 6.45) is 0.561. The zero-order chi connectivity index (χ0) is 25.4. The Kier molecular flexibility index (Phi) is 8.69. The van der Waals surface area contributed by atoms with Crippen molar-refractivity contribution in [2.24, 2.45) is 0 Å². The monoisotopic (exact) mass is 495 g/mol. The molecule has 1 unspecified atom stereocenters. The molecule has 0 aliphatic heterocycles. The van der Waals surface area contributed by atoms with Crippen LogP contribution in [0.4, 0.5) is 17.1 Å². The quantitative estimate of drug-likeness (QED) is 0.220. The van der Waals surface area contributed by atoms with Crippen LogP contribution in [0.1, 0.15) is 23.7 Å².